The van der Waals surface area contributed by atoms with Crippen LogP contribution in [0.5, 0.6) is 0 Å². The minimum Gasteiger partial charge on any atom is -0.481 e. The summed E-state index contributed by atoms with van der Waals surface area (Å²) in [5.41, 5.74) is -0.702. The number of rotatable bonds is 7. The molecule has 0 saturated carbocycles. The second-order valence-electron chi connectivity index (χ2n) is 6.97. The molecule has 6 nitrogen and oxygen atoms in total. The number of hydrogen-bond acceptors (Lipinski definition) is 3. The Morgan fingerprint density at radius 2 is 2.10 bits per heavy atom. The molecule has 21 heavy (non-hydrogen) atoms. The summed E-state index contributed by atoms with van der Waals surface area (Å²) in [6.45, 7) is 8.05. The van der Waals surface area contributed by atoms with Crippen LogP contribution in [0.3, 0.4) is 0 Å². The van der Waals surface area contributed by atoms with Crippen LogP contribution in [-0.4, -0.2) is 55.4 Å². The minimum atomic E-state index is -0.834. The van der Waals surface area contributed by atoms with Crippen molar-refractivity contribution in [1.29, 1.82) is 0 Å². The fourth-order valence-electron chi connectivity index (χ4n) is 2.65. The first-order chi connectivity index (χ1) is 9.70. The molecule has 0 aromatic heterocycles. The molecule has 0 aromatic rings. The first-order valence-electron chi connectivity index (χ1n) is 7.45. The fourth-order valence-corrected chi connectivity index (χ4v) is 2.65. The summed E-state index contributed by atoms with van der Waals surface area (Å²) in [5.74, 6) is -0.834. The number of amides is 2. The number of urea groups is 1. The van der Waals surface area contributed by atoms with E-state index in [9.17, 15) is 9.59 Å². The molecule has 0 aromatic carbocycles. The Labute approximate surface area is 126 Å². The highest BCUT2D eigenvalue weighted by atomic mass is 16.5. The summed E-state index contributed by atoms with van der Waals surface area (Å²) in [6, 6.07) is -0.162. The highest BCUT2D eigenvalue weighted by Crippen LogP contribution is 2.30. The Morgan fingerprint density at radius 1 is 1.43 bits per heavy atom. The van der Waals surface area contributed by atoms with Gasteiger partial charge < -0.3 is 20.1 Å². The van der Waals surface area contributed by atoms with Gasteiger partial charge in [0, 0.05) is 26.7 Å². The van der Waals surface area contributed by atoms with E-state index in [0.717, 1.165) is 12.8 Å². The molecule has 0 aliphatic carbocycles. The lowest BCUT2D eigenvalue weighted by Crippen LogP contribution is -2.41. The van der Waals surface area contributed by atoms with Crippen molar-refractivity contribution in [3.8, 4) is 0 Å². The van der Waals surface area contributed by atoms with Gasteiger partial charge in [-0.2, -0.15) is 0 Å². The van der Waals surface area contributed by atoms with Crippen LogP contribution in [0.15, 0.2) is 0 Å². The third kappa shape index (κ3) is 5.19. The van der Waals surface area contributed by atoms with Crippen molar-refractivity contribution in [2.45, 2.75) is 40.0 Å². The van der Waals surface area contributed by atoms with E-state index < -0.39 is 11.4 Å². The Balaban J connectivity index is 2.28. The van der Waals surface area contributed by atoms with E-state index in [1.54, 1.807) is 18.9 Å². The quantitative estimate of drug-likeness (QED) is 0.704. The van der Waals surface area contributed by atoms with Crippen LogP contribution in [0, 0.1) is 10.8 Å². The fraction of sp³-hybridized carbons (Fsp3) is 0.867. The Morgan fingerprint density at radius 3 is 2.62 bits per heavy atom. The first-order valence-corrected chi connectivity index (χ1v) is 7.45. The maximum Gasteiger partial charge on any atom is 0.317 e. The van der Waals surface area contributed by atoms with Crippen molar-refractivity contribution in [2.24, 2.45) is 10.8 Å². The van der Waals surface area contributed by atoms with Crippen molar-refractivity contribution in [2.75, 3.05) is 33.4 Å². The van der Waals surface area contributed by atoms with E-state index in [0.29, 0.717) is 26.1 Å². The third-order valence-electron chi connectivity index (χ3n) is 4.12. The first kappa shape index (κ1) is 17.8. The van der Waals surface area contributed by atoms with Gasteiger partial charge in [0.2, 0.25) is 0 Å². The van der Waals surface area contributed by atoms with Crippen LogP contribution in [0.25, 0.3) is 0 Å². The average Bonchev–Trinajstić information content (AvgIpc) is 2.78. The van der Waals surface area contributed by atoms with Gasteiger partial charge in [-0.3, -0.25) is 4.79 Å². The number of carboxylic acids is 1. The van der Waals surface area contributed by atoms with Gasteiger partial charge in [-0.15, -0.1) is 0 Å². The van der Waals surface area contributed by atoms with Crippen molar-refractivity contribution in [3.05, 3.63) is 0 Å². The predicted octanol–water partition coefficient (Wildman–Crippen LogP) is 1.95. The van der Waals surface area contributed by atoms with Crippen LogP contribution in [0.2, 0.25) is 0 Å². The summed E-state index contributed by atoms with van der Waals surface area (Å²) in [7, 11) is 1.69. The van der Waals surface area contributed by atoms with Gasteiger partial charge in [0.05, 0.1) is 12.0 Å². The van der Waals surface area contributed by atoms with Gasteiger partial charge in [-0.05, 0) is 31.6 Å². The van der Waals surface area contributed by atoms with Crippen molar-refractivity contribution in [1.82, 2.24) is 10.2 Å². The number of hydrogen-bond donors (Lipinski definition) is 2. The highest BCUT2D eigenvalue weighted by molar-refractivity contribution is 5.79. The van der Waals surface area contributed by atoms with Crippen LogP contribution >= 0.6 is 0 Å². The molecule has 2 amide bonds. The predicted molar refractivity (Wildman–Crippen MR) is 80.2 cm³/mol. The number of carbonyl (C=O) groups is 2. The summed E-state index contributed by atoms with van der Waals surface area (Å²) < 4.78 is 5.16. The molecule has 1 rings (SSSR count). The lowest BCUT2D eigenvalue weighted by atomic mass is 9.89. The smallest absolute Gasteiger partial charge is 0.317 e. The Hall–Kier alpha value is -1.30. The number of methoxy groups -OCH3 is 1. The molecule has 1 saturated heterocycles. The number of carbonyl (C=O) groups excluding carboxylic acids is 1. The van der Waals surface area contributed by atoms with Gasteiger partial charge >= 0.3 is 12.0 Å². The lowest BCUT2D eigenvalue weighted by molar-refractivity contribution is -0.146. The number of nitrogens with one attached hydrogen (secondary N) is 1. The van der Waals surface area contributed by atoms with E-state index in [1.807, 2.05) is 0 Å². The summed E-state index contributed by atoms with van der Waals surface area (Å²) in [5, 5.41) is 12.0. The molecule has 6 heteroatoms. The molecule has 1 atom stereocenters. The van der Waals surface area contributed by atoms with E-state index in [1.165, 1.54) is 0 Å². The summed E-state index contributed by atoms with van der Waals surface area (Å²) >= 11 is 0. The SMILES string of the molecule is COCC(C)(C)CCCNC(=O)N1CCC(C)(C(=O)O)C1. The molecule has 122 valence electrons. The largest absolute Gasteiger partial charge is 0.481 e. The Kier molecular flexibility index (Phi) is 6.01. The molecule has 1 aliphatic heterocycles. The molecular formula is C15H28N2O4. The highest BCUT2D eigenvalue weighted by Gasteiger charge is 2.42. The zero-order valence-electron chi connectivity index (χ0n) is 13.6. The van der Waals surface area contributed by atoms with Gasteiger partial charge in [-0.25, -0.2) is 4.79 Å². The van der Waals surface area contributed by atoms with E-state index >= 15 is 0 Å². The topological polar surface area (TPSA) is 78.9 Å². The van der Waals surface area contributed by atoms with E-state index in [2.05, 4.69) is 19.2 Å². The van der Waals surface area contributed by atoms with Crippen molar-refractivity contribution >= 4 is 12.0 Å². The number of nitrogens with zero attached hydrogens (tertiary/aromatic N) is 1. The second-order valence-corrected chi connectivity index (χ2v) is 6.97. The maximum absolute atomic E-state index is 12.0. The standard InChI is InChI=1S/C15H28N2O4/c1-14(2,11-21-4)6-5-8-16-13(20)17-9-7-15(3,10-17)12(18)19/h5-11H2,1-4H3,(H,16,20)(H,18,19). The molecule has 0 bridgehead atoms. The third-order valence-corrected chi connectivity index (χ3v) is 4.12. The van der Waals surface area contributed by atoms with Crippen LogP contribution in [-0.2, 0) is 9.53 Å². The molecule has 0 radical (unpaired) electrons. The summed E-state index contributed by atoms with van der Waals surface area (Å²) in [4.78, 5) is 24.7. The van der Waals surface area contributed by atoms with Crippen molar-refractivity contribution < 1.29 is 19.4 Å². The molecule has 0 spiro atoms. The monoisotopic (exact) mass is 300 g/mol. The van der Waals surface area contributed by atoms with Crippen molar-refractivity contribution in [3.63, 3.8) is 0 Å². The number of aliphatic carboxylic acids is 1. The summed E-state index contributed by atoms with van der Waals surface area (Å²) in [6.07, 6.45) is 2.36. The van der Waals surface area contributed by atoms with E-state index in [4.69, 9.17) is 9.84 Å². The molecule has 1 aliphatic rings. The molecule has 2 N–H and O–H groups in total. The second kappa shape index (κ2) is 7.11. The van der Waals surface area contributed by atoms with Crippen LogP contribution < -0.4 is 5.32 Å². The number of ether oxygens (including phenoxy) is 1. The lowest BCUT2D eigenvalue weighted by Gasteiger charge is -2.24. The molecule has 1 heterocycles. The van der Waals surface area contributed by atoms with Crippen LogP contribution in [0.4, 0.5) is 4.79 Å². The van der Waals surface area contributed by atoms with E-state index in [-0.39, 0.29) is 18.0 Å². The number of likely N-dealkylation sites (tertiary alicyclic amines) is 1. The van der Waals surface area contributed by atoms with Gasteiger partial charge in [-0.1, -0.05) is 13.8 Å². The molecule has 1 unspecified atom stereocenters. The minimum absolute atomic E-state index is 0.106. The average molecular weight is 300 g/mol. The zero-order chi connectivity index (χ0) is 16.1. The number of carboxylic acid groups (broad SMARTS) is 1. The van der Waals surface area contributed by atoms with Gasteiger partial charge in [0.15, 0.2) is 0 Å². The normalized spacial score (nSPS) is 22.4. The van der Waals surface area contributed by atoms with Gasteiger partial charge in [0.1, 0.15) is 0 Å². The Bertz CT molecular complexity index is 384. The maximum atomic E-state index is 12.0. The molecule has 1 fully saturated rings. The molecular weight excluding hydrogens is 272 g/mol. The van der Waals surface area contributed by atoms with Gasteiger partial charge in [0.25, 0.3) is 0 Å². The zero-order valence-corrected chi connectivity index (χ0v) is 13.6. The van der Waals surface area contributed by atoms with Crippen LogP contribution in [0.1, 0.15) is 40.0 Å².